The number of carbonyl (C=O) groups is 1. The summed E-state index contributed by atoms with van der Waals surface area (Å²) >= 11 is 1.15. The van der Waals surface area contributed by atoms with Crippen molar-refractivity contribution in [1.82, 2.24) is 9.62 Å². The van der Waals surface area contributed by atoms with Gasteiger partial charge >= 0.3 is 0 Å². The molecular formula is C13H19N3O3S2. The topological polar surface area (TPSA) is 92.5 Å². The van der Waals surface area contributed by atoms with Crippen molar-refractivity contribution in [2.45, 2.75) is 35.9 Å². The Balaban J connectivity index is 1.58. The third kappa shape index (κ3) is 3.22. The highest BCUT2D eigenvalue weighted by Gasteiger charge is 2.34. The van der Waals surface area contributed by atoms with Gasteiger partial charge in [0.05, 0.1) is 0 Å². The van der Waals surface area contributed by atoms with E-state index in [9.17, 15) is 13.2 Å². The molecular weight excluding hydrogens is 310 g/mol. The maximum atomic E-state index is 12.4. The number of piperidine rings is 1. The Labute approximate surface area is 128 Å². The lowest BCUT2D eigenvalue weighted by molar-refractivity contribution is -0.123. The van der Waals surface area contributed by atoms with Gasteiger partial charge in [-0.25, -0.2) is 8.42 Å². The van der Waals surface area contributed by atoms with Crippen molar-refractivity contribution in [1.29, 1.82) is 0 Å². The Morgan fingerprint density at radius 2 is 1.95 bits per heavy atom. The predicted octanol–water partition coefficient (Wildman–Crippen LogP) is 1.01. The zero-order valence-electron chi connectivity index (χ0n) is 11.6. The lowest BCUT2D eigenvalue weighted by Gasteiger charge is -2.31. The van der Waals surface area contributed by atoms with E-state index >= 15 is 0 Å². The number of sulfonamides is 1. The molecule has 1 aromatic rings. The quantitative estimate of drug-likeness (QED) is 0.862. The molecule has 0 atom stereocenters. The van der Waals surface area contributed by atoms with E-state index in [0.717, 1.165) is 24.2 Å². The third-order valence-corrected chi connectivity index (χ3v) is 7.27. The summed E-state index contributed by atoms with van der Waals surface area (Å²) in [4.78, 5) is 11.7. The van der Waals surface area contributed by atoms with Gasteiger partial charge in [0.2, 0.25) is 5.91 Å². The molecule has 0 spiro atoms. The fraction of sp³-hybridized carbons (Fsp3) is 0.615. The van der Waals surface area contributed by atoms with Crippen LogP contribution in [0.25, 0.3) is 0 Å². The van der Waals surface area contributed by atoms with Gasteiger partial charge in [-0.15, -0.1) is 11.3 Å². The van der Waals surface area contributed by atoms with Gasteiger partial charge in [0.15, 0.2) is 0 Å². The molecule has 6 nitrogen and oxygen atoms in total. The number of nitrogen functional groups attached to an aromatic ring is 1. The summed E-state index contributed by atoms with van der Waals surface area (Å²) in [6.07, 6.45) is 3.30. The number of thiophene rings is 1. The molecule has 0 radical (unpaired) electrons. The fourth-order valence-corrected chi connectivity index (χ4v) is 5.20. The molecule has 0 unspecified atom stereocenters. The minimum Gasteiger partial charge on any atom is -0.398 e. The number of nitrogens with zero attached hydrogens (tertiary/aromatic N) is 1. The first-order chi connectivity index (χ1) is 9.96. The summed E-state index contributed by atoms with van der Waals surface area (Å²) in [6, 6.07) is 1.60. The summed E-state index contributed by atoms with van der Waals surface area (Å²) in [5.41, 5.74) is 6.07. The Bertz CT molecular complexity index is 629. The van der Waals surface area contributed by atoms with E-state index in [-0.39, 0.29) is 17.9 Å². The van der Waals surface area contributed by atoms with Crippen LogP contribution in [0.2, 0.25) is 0 Å². The first kappa shape index (κ1) is 14.8. The predicted molar refractivity (Wildman–Crippen MR) is 81.4 cm³/mol. The number of nitrogens with two attached hydrogens (primary N) is 1. The summed E-state index contributed by atoms with van der Waals surface area (Å²) in [5, 5.41) is 4.65. The first-order valence-electron chi connectivity index (χ1n) is 7.11. The highest BCUT2D eigenvalue weighted by atomic mass is 32.2. The Kier molecular flexibility index (Phi) is 3.94. The Morgan fingerprint density at radius 1 is 1.29 bits per heavy atom. The van der Waals surface area contributed by atoms with Crippen LogP contribution >= 0.6 is 11.3 Å². The second-order valence-corrected chi connectivity index (χ2v) is 8.74. The molecule has 0 bridgehead atoms. The highest BCUT2D eigenvalue weighted by molar-refractivity contribution is 7.91. The number of nitrogens with one attached hydrogen (secondary N) is 1. The van der Waals surface area contributed by atoms with Crippen molar-refractivity contribution >= 4 is 33.0 Å². The molecule has 1 saturated heterocycles. The van der Waals surface area contributed by atoms with Gasteiger partial charge in [0.1, 0.15) is 4.21 Å². The van der Waals surface area contributed by atoms with Gasteiger partial charge in [-0.2, -0.15) is 4.31 Å². The van der Waals surface area contributed by atoms with Gasteiger partial charge in [0.25, 0.3) is 10.0 Å². The molecule has 2 heterocycles. The van der Waals surface area contributed by atoms with Gasteiger partial charge in [-0.3, -0.25) is 4.79 Å². The van der Waals surface area contributed by atoms with E-state index in [1.54, 1.807) is 5.38 Å². The Morgan fingerprint density at radius 3 is 2.48 bits per heavy atom. The normalized spacial score (nSPS) is 21.3. The van der Waals surface area contributed by atoms with Crippen molar-refractivity contribution in [2.75, 3.05) is 18.8 Å². The minimum absolute atomic E-state index is 0.0953. The lowest BCUT2D eigenvalue weighted by Crippen LogP contribution is -2.46. The van der Waals surface area contributed by atoms with Gasteiger partial charge in [-0.05, 0) is 31.7 Å². The maximum absolute atomic E-state index is 12.4. The van der Waals surface area contributed by atoms with E-state index in [0.29, 0.717) is 35.8 Å². The van der Waals surface area contributed by atoms with Crippen LogP contribution in [-0.2, 0) is 14.8 Å². The van der Waals surface area contributed by atoms with Gasteiger partial charge in [0, 0.05) is 36.1 Å². The first-order valence-corrected chi connectivity index (χ1v) is 9.43. The molecule has 2 fully saturated rings. The molecule has 3 rings (SSSR count). The molecule has 116 valence electrons. The molecule has 0 aromatic carbocycles. The number of rotatable bonds is 4. The van der Waals surface area contributed by atoms with Crippen LogP contribution in [0.1, 0.15) is 25.7 Å². The van der Waals surface area contributed by atoms with Gasteiger partial charge < -0.3 is 11.1 Å². The molecule has 8 heteroatoms. The monoisotopic (exact) mass is 329 g/mol. The molecule has 1 aliphatic carbocycles. The minimum atomic E-state index is -3.44. The molecule has 1 amide bonds. The van der Waals surface area contributed by atoms with E-state index in [1.807, 2.05) is 0 Å². The SMILES string of the molecule is Nc1csc(S(=O)(=O)N2CCC(NC(=O)C3CC3)CC2)c1. The van der Waals surface area contributed by atoms with Gasteiger partial charge in [-0.1, -0.05) is 0 Å². The molecule has 3 N–H and O–H groups in total. The number of hydrogen-bond donors (Lipinski definition) is 2. The molecule has 21 heavy (non-hydrogen) atoms. The average Bonchev–Trinajstić information content (AvgIpc) is 3.21. The van der Waals surface area contributed by atoms with Crippen LogP contribution in [0.4, 0.5) is 5.69 Å². The Hall–Kier alpha value is -1.12. The molecule has 1 saturated carbocycles. The molecule has 1 aromatic heterocycles. The second kappa shape index (κ2) is 5.58. The van der Waals surface area contributed by atoms with E-state index < -0.39 is 10.0 Å². The van der Waals surface area contributed by atoms with Crippen LogP contribution in [0.5, 0.6) is 0 Å². The number of carbonyl (C=O) groups excluding carboxylic acids is 1. The van der Waals surface area contributed by atoms with E-state index in [4.69, 9.17) is 5.73 Å². The fourth-order valence-electron chi connectivity index (χ4n) is 2.50. The van der Waals surface area contributed by atoms with Crippen molar-refractivity contribution in [3.63, 3.8) is 0 Å². The van der Waals surface area contributed by atoms with Crippen LogP contribution in [0, 0.1) is 5.92 Å². The number of hydrogen-bond acceptors (Lipinski definition) is 5. The van der Waals surface area contributed by atoms with Crippen molar-refractivity contribution in [3.8, 4) is 0 Å². The largest absolute Gasteiger partial charge is 0.398 e. The second-order valence-electron chi connectivity index (χ2n) is 5.66. The summed E-state index contributed by atoms with van der Waals surface area (Å²) in [5.74, 6) is 0.322. The van der Waals surface area contributed by atoms with E-state index in [2.05, 4.69) is 5.32 Å². The zero-order valence-corrected chi connectivity index (χ0v) is 13.3. The average molecular weight is 329 g/mol. The highest BCUT2D eigenvalue weighted by Crippen LogP contribution is 2.30. The lowest BCUT2D eigenvalue weighted by atomic mass is 10.1. The van der Waals surface area contributed by atoms with Crippen LogP contribution in [0.3, 0.4) is 0 Å². The zero-order chi connectivity index (χ0) is 15.0. The van der Waals surface area contributed by atoms with Crippen molar-refractivity contribution in [3.05, 3.63) is 11.4 Å². The van der Waals surface area contributed by atoms with Crippen LogP contribution < -0.4 is 11.1 Å². The summed E-state index contributed by atoms with van der Waals surface area (Å²) in [6.45, 7) is 0.880. The number of anilines is 1. The van der Waals surface area contributed by atoms with Crippen molar-refractivity contribution < 1.29 is 13.2 Å². The van der Waals surface area contributed by atoms with Crippen LogP contribution in [0.15, 0.2) is 15.7 Å². The van der Waals surface area contributed by atoms with Crippen molar-refractivity contribution in [2.24, 2.45) is 5.92 Å². The summed E-state index contributed by atoms with van der Waals surface area (Å²) < 4.78 is 26.7. The molecule has 1 aliphatic heterocycles. The van der Waals surface area contributed by atoms with E-state index in [1.165, 1.54) is 10.4 Å². The third-order valence-electron chi connectivity index (χ3n) is 3.94. The maximum Gasteiger partial charge on any atom is 0.252 e. The van der Waals surface area contributed by atoms with Crippen LogP contribution in [-0.4, -0.2) is 37.8 Å². The smallest absolute Gasteiger partial charge is 0.252 e. The molecule has 2 aliphatic rings. The standard InChI is InChI=1S/C13H19N3O3S2/c14-10-7-12(20-8-10)21(18,19)16-5-3-11(4-6-16)15-13(17)9-1-2-9/h7-9,11H,1-6,14H2,(H,15,17). The summed E-state index contributed by atoms with van der Waals surface area (Å²) in [7, 11) is -3.44. The number of amides is 1.